The molecule has 2 aromatic carbocycles. The van der Waals surface area contributed by atoms with E-state index in [0.717, 1.165) is 12.1 Å². The fourth-order valence-corrected chi connectivity index (χ4v) is 3.36. The van der Waals surface area contributed by atoms with Gasteiger partial charge in [-0.15, -0.1) is 0 Å². The quantitative estimate of drug-likeness (QED) is 0.543. The van der Waals surface area contributed by atoms with Crippen LogP contribution in [0.4, 0.5) is 4.39 Å². The zero-order valence-electron chi connectivity index (χ0n) is 13.8. The second-order valence-electron chi connectivity index (χ2n) is 5.24. The average Bonchev–Trinajstić information content (AvgIpc) is 2.60. The Morgan fingerprint density at radius 2 is 1.81 bits per heavy atom. The number of carbonyl (C=O) groups excluding carboxylic acids is 1. The second-order valence-corrected chi connectivity index (χ2v) is 7.36. The van der Waals surface area contributed by atoms with Gasteiger partial charge in [0.2, 0.25) is 10.0 Å². The molecule has 0 aliphatic rings. The van der Waals surface area contributed by atoms with E-state index in [9.17, 15) is 17.6 Å². The minimum Gasteiger partial charge on any atom is -0.490 e. The van der Waals surface area contributed by atoms with Crippen molar-refractivity contribution in [3.8, 4) is 5.75 Å². The molecule has 0 heterocycles. The van der Waals surface area contributed by atoms with Gasteiger partial charge in [-0.25, -0.2) is 12.8 Å². The zero-order chi connectivity index (χ0) is 19.2. The second kappa shape index (κ2) is 8.98. The maximum absolute atomic E-state index is 13.6. The van der Waals surface area contributed by atoms with E-state index < -0.39 is 32.7 Å². The van der Waals surface area contributed by atoms with Crippen LogP contribution in [0.5, 0.6) is 5.75 Å². The Morgan fingerprint density at radius 3 is 2.46 bits per heavy atom. The van der Waals surface area contributed by atoms with Crippen molar-refractivity contribution in [2.45, 2.75) is 17.9 Å². The molecule has 2 aromatic rings. The van der Waals surface area contributed by atoms with Crippen molar-refractivity contribution < 1.29 is 27.1 Å². The molecule has 0 saturated carbocycles. The molecule has 0 aliphatic carbocycles. The van der Waals surface area contributed by atoms with Crippen molar-refractivity contribution in [1.82, 2.24) is 4.72 Å². The molecule has 0 aromatic heterocycles. The summed E-state index contributed by atoms with van der Waals surface area (Å²) < 4.78 is 50.2. The first kappa shape index (κ1) is 20.2. The molecule has 0 bridgehead atoms. The lowest BCUT2D eigenvalue weighted by Gasteiger charge is -2.14. The number of benzene rings is 2. The molecule has 6 nitrogen and oxygen atoms in total. The minimum atomic E-state index is -4.18. The Hall–Kier alpha value is -2.16. The molecule has 0 unspecified atom stereocenters. The highest BCUT2D eigenvalue weighted by Crippen LogP contribution is 2.15. The number of carbonyl (C=O) groups is 1. The van der Waals surface area contributed by atoms with Gasteiger partial charge in [-0.05, 0) is 43.3 Å². The fraction of sp³-hybridized carbons (Fsp3) is 0.235. The number of esters is 1. The normalized spacial score (nSPS) is 12.4. The van der Waals surface area contributed by atoms with Crippen LogP contribution in [0.1, 0.15) is 6.92 Å². The first-order valence-electron chi connectivity index (χ1n) is 7.61. The molecular weight excluding hydrogens is 385 g/mol. The summed E-state index contributed by atoms with van der Waals surface area (Å²) in [4.78, 5) is 11.3. The van der Waals surface area contributed by atoms with E-state index in [1.165, 1.54) is 19.1 Å². The number of rotatable bonds is 8. The van der Waals surface area contributed by atoms with E-state index in [1.807, 2.05) is 0 Å². The smallest absolute Gasteiger partial charge is 0.324 e. The zero-order valence-corrected chi connectivity index (χ0v) is 15.4. The highest BCUT2D eigenvalue weighted by atomic mass is 35.5. The maximum atomic E-state index is 13.6. The summed E-state index contributed by atoms with van der Waals surface area (Å²) in [5.74, 6) is -1.15. The van der Waals surface area contributed by atoms with E-state index in [2.05, 4.69) is 4.72 Å². The van der Waals surface area contributed by atoms with E-state index in [1.54, 1.807) is 24.3 Å². The van der Waals surface area contributed by atoms with Crippen LogP contribution in [-0.2, 0) is 19.6 Å². The Labute approximate surface area is 155 Å². The largest absolute Gasteiger partial charge is 0.490 e. The Balaban J connectivity index is 1.82. The maximum Gasteiger partial charge on any atom is 0.324 e. The average molecular weight is 402 g/mol. The number of sulfonamides is 1. The van der Waals surface area contributed by atoms with Gasteiger partial charge in [0.05, 0.1) is 0 Å². The highest BCUT2D eigenvalue weighted by molar-refractivity contribution is 7.89. The van der Waals surface area contributed by atoms with Crippen LogP contribution in [-0.4, -0.2) is 33.6 Å². The van der Waals surface area contributed by atoms with E-state index >= 15 is 0 Å². The van der Waals surface area contributed by atoms with Crippen LogP contribution in [0.3, 0.4) is 0 Å². The predicted octanol–water partition coefficient (Wildman–Crippen LogP) is 2.77. The highest BCUT2D eigenvalue weighted by Gasteiger charge is 2.25. The molecular formula is C17H17ClFNO5S. The van der Waals surface area contributed by atoms with E-state index in [0.29, 0.717) is 10.8 Å². The number of ether oxygens (including phenoxy) is 2. The van der Waals surface area contributed by atoms with Gasteiger partial charge in [-0.3, -0.25) is 4.79 Å². The van der Waals surface area contributed by atoms with Gasteiger partial charge in [0.25, 0.3) is 0 Å². The van der Waals surface area contributed by atoms with Crippen molar-refractivity contribution in [3.63, 3.8) is 0 Å². The molecule has 0 saturated heterocycles. The van der Waals surface area contributed by atoms with Crippen LogP contribution < -0.4 is 9.46 Å². The van der Waals surface area contributed by atoms with Crippen molar-refractivity contribution in [3.05, 3.63) is 59.4 Å². The summed E-state index contributed by atoms with van der Waals surface area (Å²) in [6.07, 6.45) is 0. The van der Waals surface area contributed by atoms with Crippen molar-refractivity contribution in [2.24, 2.45) is 0 Å². The molecule has 0 aliphatic heterocycles. The Morgan fingerprint density at radius 1 is 1.15 bits per heavy atom. The van der Waals surface area contributed by atoms with Crippen molar-refractivity contribution in [2.75, 3.05) is 13.2 Å². The molecule has 140 valence electrons. The van der Waals surface area contributed by atoms with Crippen LogP contribution >= 0.6 is 11.6 Å². The third-order valence-electron chi connectivity index (χ3n) is 3.22. The third-order valence-corrected chi connectivity index (χ3v) is 5.05. The summed E-state index contributed by atoms with van der Waals surface area (Å²) >= 11 is 5.75. The SMILES string of the molecule is C[C@H](NS(=O)(=O)c1ccccc1F)C(=O)OCCOc1ccc(Cl)cc1. The van der Waals surface area contributed by atoms with Gasteiger partial charge in [0.15, 0.2) is 0 Å². The molecule has 26 heavy (non-hydrogen) atoms. The molecule has 0 fully saturated rings. The molecule has 0 radical (unpaired) electrons. The predicted molar refractivity (Wildman–Crippen MR) is 94.1 cm³/mol. The summed E-state index contributed by atoms with van der Waals surface area (Å²) in [6, 6.07) is 10.3. The lowest BCUT2D eigenvalue weighted by Crippen LogP contribution is -2.40. The van der Waals surface area contributed by atoms with Crippen molar-refractivity contribution in [1.29, 1.82) is 0 Å². The summed E-state index contributed by atoms with van der Waals surface area (Å²) in [5, 5.41) is 0.569. The summed E-state index contributed by atoms with van der Waals surface area (Å²) in [6.45, 7) is 1.31. The Bertz CT molecular complexity index is 858. The van der Waals surface area contributed by atoms with Crippen molar-refractivity contribution >= 4 is 27.6 Å². The molecule has 0 spiro atoms. The van der Waals surface area contributed by atoms with Crippen LogP contribution in [0.25, 0.3) is 0 Å². The van der Waals surface area contributed by atoms with Gasteiger partial charge < -0.3 is 9.47 Å². The van der Waals surface area contributed by atoms with Gasteiger partial charge in [0, 0.05) is 5.02 Å². The lowest BCUT2D eigenvalue weighted by atomic mass is 10.3. The number of halogens is 2. The summed E-state index contributed by atoms with van der Waals surface area (Å²) in [7, 11) is -4.18. The molecule has 9 heteroatoms. The van der Waals surface area contributed by atoms with Gasteiger partial charge >= 0.3 is 5.97 Å². The van der Waals surface area contributed by atoms with Crippen LogP contribution in [0, 0.1) is 5.82 Å². The van der Waals surface area contributed by atoms with Gasteiger partial charge in [-0.2, -0.15) is 4.72 Å². The monoisotopic (exact) mass is 401 g/mol. The summed E-state index contributed by atoms with van der Waals surface area (Å²) in [5.41, 5.74) is 0. The number of hydrogen-bond acceptors (Lipinski definition) is 5. The first-order chi connectivity index (χ1) is 12.3. The van der Waals surface area contributed by atoms with Gasteiger partial charge in [-0.1, -0.05) is 23.7 Å². The van der Waals surface area contributed by atoms with E-state index in [-0.39, 0.29) is 13.2 Å². The minimum absolute atomic E-state index is 0.0762. The lowest BCUT2D eigenvalue weighted by molar-refractivity contribution is -0.145. The molecule has 0 amide bonds. The number of hydrogen-bond donors (Lipinski definition) is 1. The standard InChI is InChI=1S/C17H17ClFNO5S/c1-12(20-26(22,23)16-5-3-2-4-15(16)19)17(21)25-11-10-24-14-8-6-13(18)7-9-14/h2-9,12,20H,10-11H2,1H3/t12-/m0/s1. The molecule has 1 atom stereocenters. The number of nitrogens with one attached hydrogen (secondary N) is 1. The van der Waals surface area contributed by atoms with Gasteiger partial charge in [0.1, 0.15) is 35.7 Å². The van der Waals surface area contributed by atoms with Crippen LogP contribution in [0.2, 0.25) is 5.02 Å². The first-order valence-corrected chi connectivity index (χ1v) is 9.47. The fourth-order valence-electron chi connectivity index (χ4n) is 1.96. The Kier molecular flexibility index (Phi) is 6.96. The topological polar surface area (TPSA) is 81.7 Å². The van der Waals surface area contributed by atoms with Crippen LogP contribution in [0.15, 0.2) is 53.4 Å². The third kappa shape index (κ3) is 5.69. The molecule has 2 rings (SSSR count). The van der Waals surface area contributed by atoms with E-state index in [4.69, 9.17) is 21.1 Å². The molecule has 1 N–H and O–H groups in total.